The molecule has 0 unspecified atom stereocenters. The summed E-state index contributed by atoms with van der Waals surface area (Å²) in [5.74, 6) is -0.859. The van der Waals surface area contributed by atoms with E-state index >= 15 is 0 Å². The first-order chi connectivity index (χ1) is 9.11. The van der Waals surface area contributed by atoms with Crippen molar-refractivity contribution in [3.63, 3.8) is 0 Å². The Hall–Kier alpha value is -2.21. The van der Waals surface area contributed by atoms with Crippen molar-refractivity contribution in [2.75, 3.05) is 18.5 Å². The summed E-state index contributed by atoms with van der Waals surface area (Å²) in [4.78, 5) is 26.0. The van der Waals surface area contributed by atoms with Crippen LogP contribution in [0, 0.1) is 0 Å². The maximum atomic E-state index is 11.5. The SMILES string of the molecule is CCOCCC(=O)Nc1cccc(/C=C/C(=O)O)n1. The van der Waals surface area contributed by atoms with E-state index in [2.05, 4.69) is 10.3 Å². The Balaban J connectivity index is 2.56. The van der Waals surface area contributed by atoms with Crippen molar-refractivity contribution in [2.45, 2.75) is 13.3 Å². The van der Waals surface area contributed by atoms with E-state index in [4.69, 9.17) is 9.84 Å². The van der Waals surface area contributed by atoms with Crippen LogP contribution in [0.4, 0.5) is 5.82 Å². The highest BCUT2D eigenvalue weighted by molar-refractivity contribution is 5.90. The number of carbonyl (C=O) groups is 2. The average molecular weight is 264 g/mol. The Morgan fingerprint density at radius 3 is 2.95 bits per heavy atom. The van der Waals surface area contributed by atoms with Gasteiger partial charge in [0.2, 0.25) is 5.91 Å². The third-order valence-corrected chi connectivity index (χ3v) is 2.11. The Bertz CT molecular complexity index is 471. The number of ether oxygens (including phenoxy) is 1. The van der Waals surface area contributed by atoms with Crippen LogP contribution in [-0.2, 0) is 14.3 Å². The summed E-state index contributed by atoms with van der Waals surface area (Å²) >= 11 is 0. The number of nitrogens with one attached hydrogen (secondary N) is 1. The molecule has 0 aliphatic rings. The van der Waals surface area contributed by atoms with Crippen molar-refractivity contribution < 1.29 is 19.4 Å². The van der Waals surface area contributed by atoms with Gasteiger partial charge in [0, 0.05) is 12.7 Å². The summed E-state index contributed by atoms with van der Waals surface area (Å²) in [5, 5.41) is 11.1. The number of hydrogen-bond acceptors (Lipinski definition) is 4. The molecule has 0 aliphatic carbocycles. The van der Waals surface area contributed by atoms with Crippen molar-refractivity contribution in [1.82, 2.24) is 4.98 Å². The van der Waals surface area contributed by atoms with Crippen molar-refractivity contribution in [3.05, 3.63) is 30.0 Å². The molecule has 1 aromatic rings. The number of pyridine rings is 1. The third kappa shape index (κ3) is 6.32. The normalized spacial score (nSPS) is 10.6. The third-order valence-electron chi connectivity index (χ3n) is 2.11. The molecule has 19 heavy (non-hydrogen) atoms. The van der Waals surface area contributed by atoms with E-state index in [1.165, 1.54) is 6.08 Å². The number of carboxylic acid groups (broad SMARTS) is 1. The number of hydrogen-bond donors (Lipinski definition) is 2. The van der Waals surface area contributed by atoms with Gasteiger partial charge in [0.05, 0.1) is 18.7 Å². The highest BCUT2D eigenvalue weighted by atomic mass is 16.5. The lowest BCUT2D eigenvalue weighted by molar-refractivity contribution is -0.131. The van der Waals surface area contributed by atoms with Crippen LogP contribution in [0.1, 0.15) is 19.0 Å². The van der Waals surface area contributed by atoms with Gasteiger partial charge in [0.1, 0.15) is 5.82 Å². The van der Waals surface area contributed by atoms with Gasteiger partial charge >= 0.3 is 5.97 Å². The smallest absolute Gasteiger partial charge is 0.328 e. The molecule has 0 fully saturated rings. The molecule has 0 radical (unpaired) electrons. The van der Waals surface area contributed by atoms with Crippen LogP contribution in [0.3, 0.4) is 0 Å². The second kappa shape index (κ2) is 7.99. The minimum atomic E-state index is -1.05. The molecular weight excluding hydrogens is 248 g/mol. The van der Waals surface area contributed by atoms with Crippen molar-refractivity contribution in [1.29, 1.82) is 0 Å². The molecule has 1 amide bonds. The maximum Gasteiger partial charge on any atom is 0.328 e. The summed E-state index contributed by atoms with van der Waals surface area (Å²) in [6.45, 7) is 2.79. The molecule has 6 heteroatoms. The van der Waals surface area contributed by atoms with E-state index in [1.807, 2.05) is 6.92 Å². The van der Waals surface area contributed by atoms with Crippen LogP contribution in [-0.4, -0.2) is 35.2 Å². The van der Waals surface area contributed by atoms with E-state index < -0.39 is 5.97 Å². The summed E-state index contributed by atoms with van der Waals surface area (Å²) in [6.07, 6.45) is 2.60. The zero-order valence-corrected chi connectivity index (χ0v) is 10.6. The summed E-state index contributed by atoms with van der Waals surface area (Å²) in [6, 6.07) is 4.97. The number of aromatic nitrogens is 1. The van der Waals surface area contributed by atoms with Crippen molar-refractivity contribution in [2.24, 2.45) is 0 Å². The molecule has 2 N–H and O–H groups in total. The number of amides is 1. The van der Waals surface area contributed by atoms with E-state index in [9.17, 15) is 9.59 Å². The molecule has 0 aliphatic heterocycles. The molecular formula is C13H16N2O4. The van der Waals surface area contributed by atoms with Gasteiger partial charge in [-0.1, -0.05) is 6.07 Å². The minimum absolute atomic E-state index is 0.194. The second-order valence-electron chi connectivity index (χ2n) is 3.61. The van der Waals surface area contributed by atoms with Gasteiger partial charge in [0.15, 0.2) is 0 Å². The first kappa shape index (κ1) is 14.8. The van der Waals surface area contributed by atoms with Crippen LogP contribution in [0.5, 0.6) is 0 Å². The zero-order chi connectivity index (χ0) is 14.1. The number of anilines is 1. The molecule has 1 heterocycles. The Morgan fingerprint density at radius 1 is 1.47 bits per heavy atom. The topological polar surface area (TPSA) is 88.5 Å². The van der Waals surface area contributed by atoms with Gasteiger partial charge < -0.3 is 15.2 Å². The molecule has 0 aromatic carbocycles. The van der Waals surface area contributed by atoms with Gasteiger partial charge in [-0.05, 0) is 25.1 Å². The summed E-state index contributed by atoms with van der Waals surface area (Å²) < 4.78 is 5.07. The number of aliphatic carboxylic acids is 1. The van der Waals surface area contributed by atoms with E-state index in [0.29, 0.717) is 24.7 Å². The van der Waals surface area contributed by atoms with Gasteiger partial charge in [-0.3, -0.25) is 4.79 Å². The maximum absolute atomic E-state index is 11.5. The predicted octanol–water partition coefficient (Wildman–Crippen LogP) is 1.54. The van der Waals surface area contributed by atoms with Crippen LogP contribution in [0.2, 0.25) is 0 Å². The molecule has 1 aromatic heterocycles. The fourth-order valence-electron chi connectivity index (χ4n) is 1.29. The molecule has 6 nitrogen and oxygen atoms in total. The summed E-state index contributed by atoms with van der Waals surface area (Å²) in [7, 11) is 0. The fraction of sp³-hybridized carbons (Fsp3) is 0.308. The van der Waals surface area contributed by atoms with E-state index in [0.717, 1.165) is 6.08 Å². The number of carbonyl (C=O) groups excluding carboxylic acids is 1. The fourth-order valence-corrected chi connectivity index (χ4v) is 1.29. The molecule has 102 valence electrons. The van der Waals surface area contributed by atoms with Gasteiger partial charge in [-0.2, -0.15) is 0 Å². The zero-order valence-electron chi connectivity index (χ0n) is 10.6. The highest BCUT2D eigenvalue weighted by Crippen LogP contribution is 2.06. The molecule has 1 rings (SSSR count). The van der Waals surface area contributed by atoms with E-state index in [1.54, 1.807) is 18.2 Å². The summed E-state index contributed by atoms with van der Waals surface area (Å²) in [5.41, 5.74) is 0.463. The average Bonchev–Trinajstić information content (AvgIpc) is 2.37. The first-order valence-corrected chi connectivity index (χ1v) is 5.87. The molecule has 0 bridgehead atoms. The largest absolute Gasteiger partial charge is 0.478 e. The lowest BCUT2D eigenvalue weighted by atomic mass is 10.3. The monoisotopic (exact) mass is 264 g/mol. The Kier molecular flexibility index (Phi) is 6.25. The van der Waals surface area contributed by atoms with Crippen LogP contribution >= 0.6 is 0 Å². The van der Waals surface area contributed by atoms with Crippen LogP contribution in [0.15, 0.2) is 24.3 Å². The highest BCUT2D eigenvalue weighted by Gasteiger charge is 2.03. The lowest BCUT2D eigenvalue weighted by Crippen LogP contribution is -2.15. The van der Waals surface area contributed by atoms with Gasteiger partial charge in [-0.15, -0.1) is 0 Å². The molecule has 0 saturated heterocycles. The lowest BCUT2D eigenvalue weighted by Gasteiger charge is -2.05. The van der Waals surface area contributed by atoms with Crippen LogP contribution < -0.4 is 5.32 Å². The van der Waals surface area contributed by atoms with E-state index in [-0.39, 0.29) is 12.3 Å². The molecule has 0 spiro atoms. The Morgan fingerprint density at radius 2 is 2.26 bits per heavy atom. The number of carboxylic acids is 1. The molecule has 0 saturated carbocycles. The molecule has 0 atom stereocenters. The first-order valence-electron chi connectivity index (χ1n) is 5.87. The predicted molar refractivity (Wildman–Crippen MR) is 70.6 cm³/mol. The van der Waals surface area contributed by atoms with Crippen molar-refractivity contribution >= 4 is 23.8 Å². The Labute approximate surface area is 111 Å². The van der Waals surface area contributed by atoms with Crippen LogP contribution in [0.25, 0.3) is 6.08 Å². The van der Waals surface area contributed by atoms with Gasteiger partial charge in [-0.25, -0.2) is 9.78 Å². The second-order valence-corrected chi connectivity index (χ2v) is 3.61. The standard InChI is InChI=1S/C13H16N2O4/c1-2-19-9-8-12(16)15-11-5-3-4-10(14-11)6-7-13(17)18/h3-7H,2,8-9H2,1H3,(H,17,18)(H,14,15,16)/b7-6+. The van der Waals surface area contributed by atoms with Crippen molar-refractivity contribution in [3.8, 4) is 0 Å². The number of rotatable bonds is 7. The number of nitrogens with zero attached hydrogens (tertiary/aromatic N) is 1. The van der Waals surface area contributed by atoms with Gasteiger partial charge in [0.25, 0.3) is 0 Å². The minimum Gasteiger partial charge on any atom is -0.478 e. The quantitative estimate of drug-likeness (QED) is 0.576.